The topological polar surface area (TPSA) is 55.3 Å². The summed E-state index contributed by atoms with van der Waals surface area (Å²) < 4.78 is 17.4. The minimum Gasteiger partial charge on any atom is -0.492 e. The Kier molecular flexibility index (Phi) is 6.78. The molecule has 2 fully saturated rings. The van der Waals surface area contributed by atoms with E-state index in [1.807, 2.05) is 24.3 Å². The van der Waals surface area contributed by atoms with Crippen molar-refractivity contribution in [2.75, 3.05) is 46.5 Å². The van der Waals surface area contributed by atoms with Gasteiger partial charge in [-0.05, 0) is 37.1 Å². The van der Waals surface area contributed by atoms with Gasteiger partial charge in [-0.3, -0.25) is 4.99 Å². The highest BCUT2D eigenvalue weighted by molar-refractivity contribution is 6.30. The van der Waals surface area contributed by atoms with Gasteiger partial charge >= 0.3 is 0 Å². The summed E-state index contributed by atoms with van der Waals surface area (Å²) in [6, 6.07) is 7.38. The predicted molar refractivity (Wildman–Crippen MR) is 98.6 cm³/mol. The average molecular weight is 368 g/mol. The summed E-state index contributed by atoms with van der Waals surface area (Å²) in [6.07, 6.45) is 2.55. The second kappa shape index (κ2) is 9.27. The summed E-state index contributed by atoms with van der Waals surface area (Å²) in [7, 11) is 1.80. The molecule has 0 radical (unpaired) electrons. The van der Waals surface area contributed by atoms with E-state index >= 15 is 0 Å². The number of aliphatic imine (C=N–C) groups is 1. The molecule has 0 amide bonds. The van der Waals surface area contributed by atoms with Crippen LogP contribution >= 0.6 is 11.6 Å². The van der Waals surface area contributed by atoms with E-state index < -0.39 is 0 Å². The molecule has 6 nitrogen and oxygen atoms in total. The molecule has 2 aliphatic rings. The SMILES string of the molecule is CN=C(NCCOc1ccc(Cl)cc1)N1CCOC(C2CCCO2)C1. The summed E-state index contributed by atoms with van der Waals surface area (Å²) in [5, 5.41) is 4.07. The van der Waals surface area contributed by atoms with Gasteiger partial charge < -0.3 is 24.4 Å². The van der Waals surface area contributed by atoms with Crippen molar-refractivity contribution in [3.8, 4) is 5.75 Å². The maximum Gasteiger partial charge on any atom is 0.193 e. The molecular weight excluding hydrogens is 342 g/mol. The molecule has 1 aromatic rings. The van der Waals surface area contributed by atoms with Crippen LogP contribution in [-0.4, -0.2) is 69.6 Å². The highest BCUT2D eigenvalue weighted by Gasteiger charge is 2.32. The Morgan fingerprint density at radius 3 is 2.80 bits per heavy atom. The molecule has 2 atom stereocenters. The van der Waals surface area contributed by atoms with E-state index in [0.29, 0.717) is 24.8 Å². The smallest absolute Gasteiger partial charge is 0.193 e. The van der Waals surface area contributed by atoms with E-state index in [1.165, 1.54) is 0 Å². The first-order valence-corrected chi connectivity index (χ1v) is 9.21. The molecule has 138 valence electrons. The van der Waals surface area contributed by atoms with Crippen molar-refractivity contribution in [1.82, 2.24) is 10.2 Å². The maximum absolute atomic E-state index is 5.89. The number of nitrogens with one attached hydrogen (secondary N) is 1. The average Bonchev–Trinajstić information content (AvgIpc) is 3.18. The van der Waals surface area contributed by atoms with E-state index in [1.54, 1.807) is 7.05 Å². The quantitative estimate of drug-likeness (QED) is 0.491. The van der Waals surface area contributed by atoms with Crippen LogP contribution in [0, 0.1) is 0 Å². The van der Waals surface area contributed by atoms with E-state index in [0.717, 1.165) is 44.2 Å². The van der Waals surface area contributed by atoms with Crippen LogP contribution in [0.25, 0.3) is 0 Å². The summed E-state index contributed by atoms with van der Waals surface area (Å²) in [4.78, 5) is 6.63. The Morgan fingerprint density at radius 1 is 1.28 bits per heavy atom. The zero-order valence-corrected chi connectivity index (χ0v) is 15.4. The molecule has 2 aliphatic heterocycles. The van der Waals surface area contributed by atoms with Crippen LogP contribution in [0.5, 0.6) is 5.75 Å². The number of rotatable bonds is 5. The monoisotopic (exact) mass is 367 g/mol. The zero-order chi connectivity index (χ0) is 17.5. The molecule has 0 aromatic heterocycles. The van der Waals surface area contributed by atoms with Crippen molar-refractivity contribution >= 4 is 17.6 Å². The summed E-state index contributed by atoms with van der Waals surface area (Å²) in [6.45, 7) is 4.42. The lowest BCUT2D eigenvalue weighted by atomic mass is 10.1. The van der Waals surface area contributed by atoms with Gasteiger partial charge in [0, 0.05) is 31.8 Å². The first-order chi connectivity index (χ1) is 12.3. The number of hydrogen-bond donors (Lipinski definition) is 1. The van der Waals surface area contributed by atoms with Crippen molar-refractivity contribution in [2.24, 2.45) is 4.99 Å². The van der Waals surface area contributed by atoms with Crippen LogP contribution < -0.4 is 10.1 Å². The Balaban J connectivity index is 1.43. The number of halogens is 1. The molecule has 0 bridgehead atoms. The molecule has 0 saturated carbocycles. The molecule has 25 heavy (non-hydrogen) atoms. The van der Waals surface area contributed by atoms with Crippen LogP contribution in [0.3, 0.4) is 0 Å². The Labute approximate surface area is 154 Å². The lowest BCUT2D eigenvalue weighted by molar-refractivity contribution is -0.0817. The molecule has 0 aliphatic carbocycles. The summed E-state index contributed by atoms with van der Waals surface area (Å²) in [5.74, 6) is 1.69. The van der Waals surface area contributed by atoms with Crippen LogP contribution in [0.4, 0.5) is 0 Å². The van der Waals surface area contributed by atoms with E-state index in [-0.39, 0.29) is 12.2 Å². The van der Waals surface area contributed by atoms with Gasteiger partial charge in [-0.15, -0.1) is 0 Å². The van der Waals surface area contributed by atoms with Gasteiger partial charge in [-0.2, -0.15) is 0 Å². The third kappa shape index (κ3) is 5.23. The zero-order valence-electron chi connectivity index (χ0n) is 14.6. The summed E-state index contributed by atoms with van der Waals surface area (Å²) >= 11 is 5.87. The van der Waals surface area contributed by atoms with Crippen molar-refractivity contribution in [2.45, 2.75) is 25.0 Å². The molecular formula is C18H26ClN3O3. The van der Waals surface area contributed by atoms with Crippen LogP contribution in [0.1, 0.15) is 12.8 Å². The van der Waals surface area contributed by atoms with Gasteiger partial charge in [0.25, 0.3) is 0 Å². The Morgan fingerprint density at radius 2 is 2.08 bits per heavy atom. The fraction of sp³-hybridized carbons (Fsp3) is 0.611. The highest BCUT2D eigenvalue weighted by atomic mass is 35.5. The molecule has 2 saturated heterocycles. The number of guanidine groups is 1. The molecule has 2 unspecified atom stereocenters. The Bertz CT molecular complexity index is 561. The van der Waals surface area contributed by atoms with Crippen LogP contribution in [-0.2, 0) is 9.47 Å². The van der Waals surface area contributed by atoms with Crippen LogP contribution in [0.2, 0.25) is 5.02 Å². The first kappa shape index (κ1) is 18.3. The first-order valence-electron chi connectivity index (χ1n) is 8.83. The molecule has 1 aromatic carbocycles. The van der Waals surface area contributed by atoms with Gasteiger partial charge in [0.05, 0.1) is 19.3 Å². The number of morpholine rings is 1. The molecule has 3 rings (SSSR count). The van der Waals surface area contributed by atoms with Crippen molar-refractivity contribution < 1.29 is 14.2 Å². The summed E-state index contributed by atoms with van der Waals surface area (Å²) in [5.41, 5.74) is 0. The second-order valence-corrected chi connectivity index (χ2v) is 6.62. The fourth-order valence-corrected chi connectivity index (χ4v) is 3.31. The van der Waals surface area contributed by atoms with E-state index in [2.05, 4.69) is 15.2 Å². The van der Waals surface area contributed by atoms with Crippen molar-refractivity contribution in [3.05, 3.63) is 29.3 Å². The van der Waals surface area contributed by atoms with E-state index in [4.69, 9.17) is 25.8 Å². The lowest BCUT2D eigenvalue weighted by Crippen LogP contribution is -2.53. The fourth-order valence-electron chi connectivity index (χ4n) is 3.18. The van der Waals surface area contributed by atoms with Gasteiger partial charge in [-0.1, -0.05) is 11.6 Å². The molecule has 0 spiro atoms. The third-order valence-corrected chi connectivity index (χ3v) is 4.70. The van der Waals surface area contributed by atoms with Gasteiger partial charge in [0.1, 0.15) is 18.5 Å². The number of nitrogens with zero attached hydrogens (tertiary/aromatic N) is 2. The number of hydrogen-bond acceptors (Lipinski definition) is 4. The van der Waals surface area contributed by atoms with Gasteiger partial charge in [0.2, 0.25) is 0 Å². The second-order valence-electron chi connectivity index (χ2n) is 6.18. The standard InChI is InChI=1S/C18H26ClN3O3/c1-20-18(21-8-11-23-15-6-4-14(19)5-7-15)22-9-12-25-17(13-22)16-3-2-10-24-16/h4-7,16-17H,2-3,8-13H2,1H3,(H,20,21). The highest BCUT2D eigenvalue weighted by Crippen LogP contribution is 2.21. The lowest BCUT2D eigenvalue weighted by Gasteiger charge is -2.37. The minimum atomic E-state index is 0.125. The van der Waals surface area contributed by atoms with Gasteiger partial charge in [-0.25, -0.2) is 0 Å². The van der Waals surface area contributed by atoms with E-state index in [9.17, 15) is 0 Å². The largest absolute Gasteiger partial charge is 0.492 e. The van der Waals surface area contributed by atoms with Crippen LogP contribution in [0.15, 0.2) is 29.3 Å². The van der Waals surface area contributed by atoms with Gasteiger partial charge in [0.15, 0.2) is 5.96 Å². The molecule has 2 heterocycles. The minimum absolute atomic E-state index is 0.125. The maximum atomic E-state index is 5.89. The molecule has 1 N–H and O–H groups in total. The van der Waals surface area contributed by atoms with Crippen molar-refractivity contribution in [3.63, 3.8) is 0 Å². The normalized spacial score (nSPS) is 24.4. The van der Waals surface area contributed by atoms with Crippen molar-refractivity contribution in [1.29, 1.82) is 0 Å². The predicted octanol–water partition coefficient (Wildman–Crippen LogP) is 2.17. The Hall–Kier alpha value is -1.50. The number of benzene rings is 1. The molecule has 7 heteroatoms. The third-order valence-electron chi connectivity index (χ3n) is 4.45. The number of ether oxygens (including phenoxy) is 3.